The van der Waals surface area contributed by atoms with Gasteiger partial charge in [0.05, 0.1) is 11.3 Å². The molecule has 0 bridgehead atoms. The van der Waals surface area contributed by atoms with E-state index >= 15 is 0 Å². The van der Waals surface area contributed by atoms with Crippen LogP contribution in [0.25, 0.3) is 0 Å². The molecule has 1 aromatic rings. The maximum absolute atomic E-state index is 11.7. The molecule has 2 rings (SSSR count). The Morgan fingerprint density at radius 1 is 1.42 bits per heavy atom. The van der Waals surface area contributed by atoms with E-state index in [1.165, 1.54) is 12.1 Å². The van der Waals surface area contributed by atoms with Gasteiger partial charge in [-0.05, 0) is 30.5 Å². The number of phenolic OH excluding ortho intramolecular Hbond substituents is 1. The fourth-order valence-electron chi connectivity index (χ4n) is 2.02. The molecule has 1 fully saturated rings. The Morgan fingerprint density at radius 3 is 2.74 bits per heavy atom. The molecule has 2 amide bonds. The van der Waals surface area contributed by atoms with Crippen LogP contribution >= 0.6 is 0 Å². The molecule has 1 aliphatic carbocycles. The van der Waals surface area contributed by atoms with E-state index in [0.717, 1.165) is 18.9 Å². The molecule has 0 saturated heterocycles. The van der Waals surface area contributed by atoms with Gasteiger partial charge in [-0.25, -0.2) is 9.59 Å². The molecule has 0 spiro atoms. The second-order valence-corrected chi connectivity index (χ2v) is 4.64. The minimum absolute atomic E-state index is 0.141. The Morgan fingerprint density at radius 2 is 2.16 bits per heavy atom. The van der Waals surface area contributed by atoms with E-state index in [0.29, 0.717) is 5.92 Å². The highest BCUT2D eigenvalue weighted by atomic mass is 16.4. The SMILES string of the molecule is CCC1CC1NC(=O)Nc1ccc(O)cc1C(=O)O. The van der Waals surface area contributed by atoms with Gasteiger partial charge in [0.15, 0.2) is 0 Å². The van der Waals surface area contributed by atoms with E-state index in [-0.39, 0.29) is 23.0 Å². The molecule has 6 heteroatoms. The summed E-state index contributed by atoms with van der Waals surface area (Å²) >= 11 is 0. The number of hydrogen-bond donors (Lipinski definition) is 4. The van der Waals surface area contributed by atoms with Gasteiger partial charge in [0.2, 0.25) is 0 Å². The molecule has 6 nitrogen and oxygen atoms in total. The lowest BCUT2D eigenvalue weighted by Crippen LogP contribution is -2.32. The molecule has 1 aliphatic rings. The van der Waals surface area contributed by atoms with Crippen LogP contribution in [0.2, 0.25) is 0 Å². The first-order valence-corrected chi connectivity index (χ1v) is 6.15. The third-order valence-corrected chi connectivity index (χ3v) is 3.25. The first kappa shape index (κ1) is 13.2. The van der Waals surface area contributed by atoms with Crippen LogP contribution < -0.4 is 10.6 Å². The summed E-state index contributed by atoms with van der Waals surface area (Å²) in [5.41, 5.74) is 0.0227. The molecule has 0 radical (unpaired) electrons. The summed E-state index contributed by atoms with van der Waals surface area (Å²) in [5, 5.41) is 23.5. The monoisotopic (exact) mass is 264 g/mol. The summed E-state index contributed by atoms with van der Waals surface area (Å²) in [6.07, 6.45) is 1.98. The van der Waals surface area contributed by atoms with Crippen molar-refractivity contribution in [2.24, 2.45) is 5.92 Å². The normalized spacial score (nSPS) is 20.7. The number of anilines is 1. The number of benzene rings is 1. The summed E-state index contributed by atoms with van der Waals surface area (Å²) < 4.78 is 0. The average Bonchev–Trinajstić information content (AvgIpc) is 3.09. The van der Waals surface area contributed by atoms with Crippen molar-refractivity contribution in [3.05, 3.63) is 23.8 Å². The van der Waals surface area contributed by atoms with Crippen LogP contribution in [0, 0.1) is 5.92 Å². The third-order valence-electron chi connectivity index (χ3n) is 3.25. The van der Waals surface area contributed by atoms with Crippen molar-refractivity contribution < 1.29 is 19.8 Å². The number of amides is 2. The van der Waals surface area contributed by atoms with Gasteiger partial charge in [-0.3, -0.25) is 0 Å². The molecule has 1 aromatic carbocycles. The lowest BCUT2D eigenvalue weighted by molar-refractivity contribution is 0.0697. The summed E-state index contributed by atoms with van der Waals surface area (Å²) in [6, 6.07) is 3.55. The van der Waals surface area contributed by atoms with Gasteiger partial charge >= 0.3 is 12.0 Å². The summed E-state index contributed by atoms with van der Waals surface area (Å²) in [5.74, 6) is -0.842. The second-order valence-electron chi connectivity index (χ2n) is 4.64. The van der Waals surface area contributed by atoms with Crippen LogP contribution in [-0.4, -0.2) is 28.3 Å². The highest BCUT2D eigenvalue weighted by Crippen LogP contribution is 2.33. The zero-order chi connectivity index (χ0) is 14.0. The number of aromatic hydroxyl groups is 1. The molecule has 19 heavy (non-hydrogen) atoms. The number of phenols is 1. The smallest absolute Gasteiger partial charge is 0.337 e. The fraction of sp³-hybridized carbons (Fsp3) is 0.385. The molecular formula is C13H16N2O4. The first-order chi connectivity index (χ1) is 9.01. The van der Waals surface area contributed by atoms with Crippen LogP contribution in [0.3, 0.4) is 0 Å². The number of rotatable bonds is 4. The van der Waals surface area contributed by atoms with Crippen molar-refractivity contribution in [2.45, 2.75) is 25.8 Å². The topological polar surface area (TPSA) is 98.7 Å². The van der Waals surface area contributed by atoms with E-state index in [1.807, 2.05) is 0 Å². The zero-order valence-corrected chi connectivity index (χ0v) is 10.5. The van der Waals surface area contributed by atoms with Crippen molar-refractivity contribution in [2.75, 3.05) is 5.32 Å². The Hall–Kier alpha value is -2.24. The van der Waals surface area contributed by atoms with Crippen molar-refractivity contribution >= 4 is 17.7 Å². The maximum atomic E-state index is 11.7. The Balaban J connectivity index is 2.02. The van der Waals surface area contributed by atoms with Gasteiger partial charge in [-0.1, -0.05) is 13.3 Å². The minimum Gasteiger partial charge on any atom is -0.508 e. The number of carbonyl (C=O) groups is 2. The highest BCUT2D eigenvalue weighted by molar-refractivity contribution is 6.00. The predicted molar refractivity (Wildman–Crippen MR) is 69.4 cm³/mol. The molecular weight excluding hydrogens is 248 g/mol. The molecule has 0 heterocycles. The standard InChI is InChI=1S/C13H16N2O4/c1-2-7-5-11(7)15-13(19)14-10-4-3-8(16)6-9(10)12(17)18/h3-4,6-7,11,16H,2,5H2,1H3,(H,17,18)(H2,14,15,19). The number of nitrogens with one attached hydrogen (secondary N) is 2. The third kappa shape index (κ3) is 3.15. The van der Waals surface area contributed by atoms with Gasteiger partial charge < -0.3 is 20.8 Å². The molecule has 4 N–H and O–H groups in total. The molecule has 0 aliphatic heterocycles. The summed E-state index contributed by atoms with van der Waals surface area (Å²) in [6.45, 7) is 2.06. The zero-order valence-electron chi connectivity index (χ0n) is 10.5. The maximum Gasteiger partial charge on any atom is 0.337 e. The number of urea groups is 1. The van der Waals surface area contributed by atoms with Gasteiger partial charge in [0.25, 0.3) is 0 Å². The Labute approximate surface area is 110 Å². The van der Waals surface area contributed by atoms with Crippen LogP contribution in [0.5, 0.6) is 5.75 Å². The lowest BCUT2D eigenvalue weighted by Gasteiger charge is -2.10. The summed E-state index contributed by atoms with van der Waals surface area (Å²) in [4.78, 5) is 22.7. The van der Waals surface area contributed by atoms with Crippen LogP contribution in [-0.2, 0) is 0 Å². The molecule has 2 unspecified atom stereocenters. The molecule has 1 saturated carbocycles. The molecule has 102 valence electrons. The molecule has 2 atom stereocenters. The van der Waals surface area contributed by atoms with Crippen molar-refractivity contribution in [1.82, 2.24) is 5.32 Å². The van der Waals surface area contributed by atoms with Gasteiger partial charge in [-0.15, -0.1) is 0 Å². The van der Waals surface area contributed by atoms with E-state index < -0.39 is 12.0 Å². The van der Waals surface area contributed by atoms with Crippen LogP contribution in [0.4, 0.5) is 10.5 Å². The second kappa shape index (κ2) is 5.17. The predicted octanol–water partition coefficient (Wildman–Crippen LogP) is 2.01. The number of carboxylic acid groups (broad SMARTS) is 1. The van der Waals surface area contributed by atoms with E-state index in [2.05, 4.69) is 17.6 Å². The van der Waals surface area contributed by atoms with Gasteiger partial charge in [0.1, 0.15) is 5.75 Å². The minimum atomic E-state index is -1.20. The Kier molecular flexibility index (Phi) is 3.59. The highest BCUT2D eigenvalue weighted by Gasteiger charge is 2.36. The average molecular weight is 264 g/mol. The number of hydrogen-bond acceptors (Lipinski definition) is 3. The van der Waals surface area contributed by atoms with Crippen molar-refractivity contribution in [3.8, 4) is 5.75 Å². The lowest BCUT2D eigenvalue weighted by atomic mass is 10.1. The number of carboxylic acids is 1. The largest absolute Gasteiger partial charge is 0.508 e. The van der Waals surface area contributed by atoms with Gasteiger partial charge in [0, 0.05) is 6.04 Å². The van der Waals surface area contributed by atoms with E-state index in [9.17, 15) is 14.7 Å². The first-order valence-electron chi connectivity index (χ1n) is 6.15. The van der Waals surface area contributed by atoms with Gasteiger partial charge in [-0.2, -0.15) is 0 Å². The molecule has 0 aromatic heterocycles. The van der Waals surface area contributed by atoms with Crippen molar-refractivity contribution in [1.29, 1.82) is 0 Å². The number of carbonyl (C=O) groups excluding carboxylic acids is 1. The van der Waals surface area contributed by atoms with Crippen LogP contribution in [0.1, 0.15) is 30.1 Å². The van der Waals surface area contributed by atoms with Crippen LogP contribution in [0.15, 0.2) is 18.2 Å². The van der Waals surface area contributed by atoms with E-state index in [1.54, 1.807) is 0 Å². The summed E-state index contributed by atoms with van der Waals surface area (Å²) in [7, 11) is 0. The number of aromatic carboxylic acids is 1. The van der Waals surface area contributed by atoms with E-state index in [4.69, 9.17) is 5.11 Å². The quantitative estimate of drug-likeness (QED) is 0.625. The van der Waals surface area contributed by atoms with Crippen molar-refractivity contribution in [3.63, 3.8) is 0 Å². The fourth-order valence-corrected chi connectivity index (χ4v) is 2.02. The Bertz CT molecular complexity index is 515.